The van der Waals surface area contributed by atoms with Crippen LogP contribution in [0.25, 0.3) is 0 Å². The maximum atomic E-state index is 9.86. The van der Waals surface area contributed by atoms with Crippen molar-refractivity contribution in [1.82, 2.24) is 0 Å². The van der Waals surface area contributed by atoms with Crippen LogP contribution in [0.3, 0.4) is 0 Å². The van der Waals surface area contributed by atoms with Gasteiger partial charge < -0.3 is 19.7 Å². The van der Waals surface area contributed by atoms with Crippen LogP contribution >= 0.6 is 0 Å². The molecule has 0 aromatic carbocycles. The van der Waals surface area contributed by atoms with Crippen LogP contribution in [-0.2, 0) is 9.47 Å². The van der Waals surface area contributed by atoms with E-state index in [9.17, 15) is 14.4 Å². The number of hydrogen-bond acceptors (Lipinski definition) is 5. The Morgan fingerprint density at radius 1 is 0.786 bits per heavy atom. The van der Waals surface area contributed by atoms with Gasteiger partial charge >= 0.3 is 124 Å². The molecule has 0 bridgehead atoms. The van der Waals surface area contributed by atoms with Crippen molar-refractivity contribution in [1.29, 1.82) is 0 Å². The molecule has 14 heavy (non-hydrogen) atoms. The average molecular weight is 251 g/mol. The third-order valence-corrected chi connectivity index (χ3v) is 0.341. The van der Waals surface area contributed by atoms with E-state index in [-0.39, 0.29) is 105 Å². The molecule has 0 aliphatic heterocycles. The number of rotatable bonds is 0. The topological polar surface area (TPSA) is 110 Å². The molecular weight excluding hydrogens is 243 g/mol. The molecule has 0 fully saturated rings. The molecule has 0 amide bonds. The maximum absolute atomic E-state index is 9.86. The minimum absolute atomic E-state index is 0. The Balaban J connectivity index is -0.0000000675. The van der Waals surface area contributed by atoms with Crippen molar-refractivity contribution in [3.05, 3.63) is 0 Å². The molecule has 0 aromatic rings. The Morgan fingerprint density at radius 3 is 1.14 bits per heavy atom. The molecule has 2 N–H and O–H groups in total. The van der Waals surface area contributed by atoms with Crippen molar-refractivity contribution in [3.8, 4) is 0 Å². The fourth-order valence-corrected chi connectivity index (χ4v) is 0.163. The normalized spacial score (nSPS) is 5.71. The fourth-order valence-electron chi connectivity index (χ4n) is 0.163. The van der Waals surface area contributed by atoms with Gasteiger partial charge in [-0.1, -0.05) is 0 Å². The van der Waals surface area contributed by atoms with E-state index in [1.807, 2.05) is 0 Å². The molecular formula is C3H8Mg2Na2O7. The number of carbonyl (C=O) groups excluding carboxylic acids is 1. The van der Waals surface area contributed by atoms with Gasteiger partial charge in [0.05, 0.1) is 0 Å². The van der Waals surface area contributed by atoms with Crippen LogP contribution in [0.2, 0.25) is 0 Å². The van der Waals surface area contributed by atoms with E-state index in [4.69, 9.17) is 10.2 Å². The number of carbonyl (C=O) groups is 3. The predicted molar refractivity (Wildman–Crippen MR) is 55.0 cm³/mol. The Bertz CT molecular complexity index is 168. The van der Waals surface area contributed by atoms with Gasteiger partial charge in [0.2, 0.25) is 0 Å². The fraction of sp³-hybridized carbons (Fsp3) is 0. The van der Waals surface area contributed by atoms with Gasteiger partial charge in [0, 0.05) is 0 Å². The molecule has 11 heteroatoms. The molecule has 0 unspecified atom stereocenters. The zero-order valence-electron chi connectivity index (χ0n) is 4.44. The first-order chi connectivity index (χ1) is 4.52. The van der Waals surface area contributed by atoms with Crippen molar-refractivity contribution < 1.29 is 34.1 Å². The van der Waals surface area contributed by atoms with E-state index in [0.717, 1.165) is 0 Å². The van der Waals surface area contributed by atoms with Gasteiger partial charge in [-0.2, -0.15) is 0 Å². The summed E-state index contributed by atoms with van der Waals surface area (Å²) in [5.74, 6) is 0. The first kappa shape index (κ1) is 29.6. The summed E-state index contributed by atoms with van der Waals surface area (Å²) in [5.41, 5.74) is 0. The second-order valence-corrected chi connectivity index (χ2v) is 0.986. The first-order valence-electron chi connectivity index (χ1n) is 1.88. The zero-order chi connectivity index (χ0) is 8.15. The summed E-state index contributed by atoms with van der Waals surface area (Å²) in [6.07, 6.45) is -5.64. The summed E-state index contributed by atoms with van der Waals surface area (Å²) in [6, 6.07) is 0. The molecule has 0 aliphatic rings. The third kappa shape index (κ3) is 23.5. The second kappa shape index (κ2) is 17.1. The first-order valence-corrected chi connectivity index (χ1v) is 1.88. The van der Waals surface area contributed by atoms with Crippen LogP contribution in [0.15, 0.2) is 0 Å². The average Bonchev–Trinajstić information content (AvgIpc) is 1.58. The molecule has 0 heterocycles. The van der Waals surface area contributed by atoms with Crippen molar-refractivity contribution in [3.63, 3.8) is 0 Å². The molecule has 0 aromatic heterocycles. The van der Waals surface area contributed by atoms with Crippen molar-refractivity contribution in [2.24, 2.45) is 0 Å². The van der Waals surface area contributed by atoms with Gasteiger partial charge in [0.1, 0.15) is 0 Å². The van der Waals surface area contributed by atoms with Gasteiger partial charge in [-0.3, -0.25) is 0 Å². The Morgan fingerprint density at radius 2 is 1.00 bits per heavy atom. The molecule has 0 aliphatic carbocycles. The summed E-state index contributed by atoms with van der Waals surface area (Å²) in [6.45, 7) is 0. The van der Waals surface area contributed by atoms with Crippen molar-refractivity contribution in [2.75, 3.05) is 0 Å². The van der Waals surface area contributed by atoms with Crippen LogP contribution in [-0.4, -0.2) is 134 Å². The summed E-state index contributed by atoms with van der Waals surface area (Å²) in [7, 11) is 0. The molecule has 0 radical (unpaired) electrons. The monoisotopic (exact) mass is 250 g/mol. The van der Waals surface area contributed by atoms with Crippen LogP contribution in [0.5, 0.6) is 0 Å². The van der Waals surface area contributed by atoms with E-state index in [1.165, 1.54) is 0 Å². The van der Waals surface area contributed by atoms with E-state index >= 15 is 0 Å². The van der Waals surface area contributed by atoms with Crippen molar-refractivity contribution in [2.45, 2.75) is 0 Å². The van der Waals surface area contributed by atoms with Crippen molar-refractivity contribution >= 4 is 124 Å². The SMILES string of the molecule is O=C(O)OC(=O)OC(=O)O.[MgH2].[MgH2].[NaH].[NaH]. The quantitative estimate of drug-likeness (QED) is 0.275. The molecule has 0 atom stereocenters. The number of ether oxygens (including phenoxy) is 2. The van der Waals surface area contributed by atoms with Crippen LogP contribution in [0.4, 0.5) is 14.4 Å². The van der Waals surface area contributed by atoms with E-state index in [0.29, 0.717) is 0 Å². The van der Waals surface area contributed by atoms with E-state index in [1.54, 1.807) is 0 Å². The van der Waals surface area contributed by atoms with Gasteiger partial charge in [0.15, 0.2) is 0 Å². The van der Waals surface area contributed by atoms with Gasteiger partial charge in [-0.15, -0.1) is 0 Å². The standard InChI is InChI=1S/C3H2O7.2Mg.2Na.6H/c4-1(5)9-3(8)10-2(6)7;;;;;;;;;;/h(H,4,5)(H,6,7);;;;;;;;;;. The number of carboxylic acid groups (broad SMARTS) is 2. The van der Waals surface area contributed by atoms with E-state index in [2.05, 4.69) is 9.47 Å². The molecule has 0 spiro atoms. The molecule has 0 saturated heterocycles. The molecule has 0 saturated carbocycles. The molecule has 68 valence electrons. The third-order valence-electron chi connectivity index (χ3n) is 0.341. The summed E-state index contributed by atoms with van der Waals surface area (Å²) in [4.78, 5) is 28.8. The van der Waals surface area contributed by atoms with Gasteiger partial charge in [-0.05, 0) is 0 Å². The zero-order valence-corrected chi connectivity index (χ0v) is 4.44. The Labute approximate surface area is 155 Å². The summed E-state index contributed by atoms with van der Waals surface area (Å²) >= 11 is 0. The van der Waals surface area contributed by atoms with Crippen LogP contribution in [0, 0.1) is 0 Å². The molecule has 7 nitrogen and oxygen atoms in total. The Kier molecular flexibility index (Phi) is 36.3. The van der Waals surface area contributed by atoms with Crippen LogP contribution in [0.1, 0.15) is 0 Å². The van der Waals surface area contributed by atoms with Gasteiger partial charge in [0.25, 0.3) is 0 Å². The Hall–Kier alpha value is 1.74. The minimum atomic E-state index is -1.92. The van der Waals surface area contributed by atoms with Crippen LogP contribution < -0.4 is 0 Å². The molecule has 0 rings (SSSR count). The number of hydrogen-bond donors (Lipinski definition) is 2. The summed E-state index contributed by atoms with van der Waals surface area (Å²) in [5, 5.41) is 15.4. The second-order valence-electron chi connectivity index (χ2n) is 0.986. The predicted octanol–water partition coefficient (Wildman–Crippen LogP) is -2.63. The summed E-state index contributed by atoms with van der Waals surface area (Å²) < 4.78 is 6.47. The van der Waals surface area contributed by atoms with Gasteiger partial charge in [-0.25, -0.2) is 14.4 Å². The van der Waals surface area contributed by atoms with E-state index < -0.39 is 18.5 Å².